The van der Waals surface area contributed by atoms with Crippen LogP contribution in [0.2, 0.25) is 0 Å². The number of benzene rings is 1. The lowest BCUT2D eigenvalue weighted by Crippen LogP contribution is -2.01. The minimum Gasteiger partial charge on any atom is -0.497 e. The number of hydrogen-bond donors (Lipinski definition) is 2. The van der Waals surface area contributed by atoms with Gasteiger partial charge in [-0.1, -0.05) is 22.0 Å². The van der Waals surface area contributed by atoms with Crippen molar-refractivity contribution in [2.45, 2.75) is 25.4 Å². The second-order valence-corrected chi connectivity index (χ2v) is 4.54. The maximum absolute atomic E-state index is 10.4. The fourth-order valence-electron chi connectivity index (χ4n) is 1.51. The number of carboxylic acid groups (broad SMARTS) is 1. The van der Waals surface area contributed by atoms with Gasteiger partial charge in [0.2, 0.25) is 0 Å². The van der Waals surface area contributed by atoms with E-state index < -0.39 is 12.1 Å². The van der Waals surface area contributed by atoms with Crippen LogP contribution in [0.3, 0.4) is 0 Å². The van der Waals surface area contributed by atoms with Gasteiger partial charge in [0.25, 0.3) is 0 Å². The molecule has 1 aromatic rings. The summed E-state index contributed by atoms with van der Waals surface area (Å²) >= 11 is 3.35. The van der Waals surface area contributed by atoms with Crippen molar-refractivity contribution in [2.75, 3.05) is 7.11 Å². The van der Waals surface area contributed by atoms with Crippen LogP contribution in [0.15, 0.2) is 22.7 Å². The number of rotatable bonds is 6. The molecule has 0 spiro atoms. The van der Waals surface area contributed by atoms with Crippen LogP contribution in [-0.2, 0) is 4.79 Å². The van der Waals surface area contributed by atoms with E-state index in [0.29, 0.717) is 18.6 Å². The van der Waals surface area contributed by atoms with Crippen molar-refractivity contribution in [2.24, 2.45) is 0 Å². The van der Waals surface area contributed by atoms with Gasteiger partial charge in [0.05, 0.1) is 13.2 Å². The predicted octanol–water partition coefficient (Wildman–Crippen LogP) is 2.75. The van der Waals surface area contributed by atoms with E-state index in [2.05, 4.69) is 15.9 Å². The van der Waals surface area contributed by atoms with Crippen LogP contribution >= 0.6 is 15.9 Å². The molecule has 0 aliphatic rings. The quantitative estimate of drug-likeness (QED) is 0.848. The van der Waals surface area contributed by atoms with E-state index in [-0.39, 0.29) is 6.42 Å². The van der Waals surface area contributed by atoms with E-state index in [4.69, 9.17) is 9.84 Å². The average molecular weight is 303 g/mol. The van der Waals surface area contributed by atoms with Gasteiger partial charge in [0, 0.05) is 10.9 Å². The van der Waals surface area contributed by atoms with Crippen LogP contribution < -0.4 is 4.74 Å². The molecule has 0 amide bonds. The van der Waals surface area contributed by atoms with Crippen LogP contribution in [0.5, 0.6) is 5.75 Å². The molecule has 0 bridgehead atoms. The number of methoxy groups -OCH3 is 1. The number of aliphatic hydroxyl groups is 1. The predicted molar refractivity (Wildman–Crippen MR) is 67.1 cm³/mol. The molecule has 0 heterocycles. The first-order chi connectivity index (χ1) is 8.04. The largest absolute Gasteiger partial charge is 0.497 e. The van der Waals surface area contributed by atoms with Gasteiger partial charge in [-0.15, -0.1) is 0 Å². The van der Waals surface area contributed by atoms with Gasteiger partial charge < -0.3 is 14.9 Å². The third-order valence-electron chi connectivity index (χ3n) is 2.43. The average Bonchev–Trinajstić information content (AvgIpc) is 2.28. The Hall–Kier alpha value is -1.07. The van der Waals surface area contributed by atoms with Gasteiger partial charge in [0.1, 0.15) is 5.75 Å². The Morgan fingerprint density at radius 2 is 2.24 bits per heavy atom. The highest BCUT2D eigenvalue weighted by atomic mass is 79.9. The Kier molecular flexibility index (Phi) is 5.44. The van der Waals surface area contributed by atoms with E-state index in [0.717, 1.165) is 10.0 Å². The number of hydrogen-bond acceptors (Lipinski definition) is 3. The first-order valence-corrected chi connectivity index (χ1v) is 6.07. The van der Waals surface area contributed by atoms with Crippen LogP contribution in [0.25, 0.3) is 0 Å². The molecule has 4 nitrogen and oxygen atoms in total. The van der Waals surface area contributed by atoms with Gasteiger partial charge in [-0.25, -0.2) is 0 Å². The molecular formula is C12H15BrO4. The van der Waals surface area contributed by atoms with Gasteiger partial charge in [-0.2, -0.15) is 0 Å². The first-order valence-electron chi connectivity index (χ1n) is 5.28. The summed E-state index contributed by atoms with van der Waals surface area (Å²) in [5.41, 5.74) is 0.746. The molecule has 1 rings (SSSR count). The van der Waals surface area contributed by atoms with Crippen molar-refractivity contribution in [1.82, 2.24) is 0 Å². The van der Waals surface area contributed by atoms with E-state index in [1.165, 1.54) is 0 Å². The van der Waals surface area contributed by atoms with Crippen molar-refractivity contribution in [3.8, 4) is 5.75 Å². The highest BCUT2D eigenvalue weighted by molar-refractivity contribution is 9.10. The Morgan fingerprint density at radius 1 is 1.53 bits per heavy atom. The van der Waals surface area contributed by atoms with Gasteiger partial charge in [-0.05, 0) is 30.5 Å². The summed E-state index contributed by atoms with van der Waals surface area (Å²) in [5, 5.41) is 18.4. The Labute approximate surface area is 108 Å². The van der Waals surface area contributed by atoms with Gasteiger partial charge in [-0.3, -0.25) is 4.79 Å². The van der Waals surface area contributed by atoms with E-state index in [9.17, 15) is 9.90 Å². The topological polar surface area (TPSA) is 66.8 Å². The number of halogens is 1. The van der Waals surface area contributed by atoms with E-state index >= 15 is 0 Å². The summed E-state index contributed by atoms with van der Waals surface area (Å²) in [6.45, 7) is 0. The molecule has 2 N–H and O–H groups in total. The van der Waals surface area contributed by atoms with Crippen molar-refractivity contribution < 1.29 is 19.7 Å². The zero-order valence-corrected chi connectivity index (χ0v) is 11.1. The number of carboxylic acids is 1. The van der Waals surface area contributed by atoms with E-state index in [1.807, 2.05) is 0 Å². The fourth-order valence-corrected chi connectivity index (χ4v) is 2.13. The van der Waals surface area contributed by atoms with Crippen molar-refractivity contribution in [1.29, 1.82) is 0 Å². The van der Waals surface area contributed by atoms with Crippen LogP contribution in [0, 0.1) is 0 Å². The number of aliphatic carboxylic acids is 1. The molecule has 0 saturated carbocycles. The Bertz CT molecular complexity index is 392. The molecule has 0 aliphatic carbocycles. The molecule has 1 unspecified atom stereocenters. The smallest absolute Gasteiger partial charge is 0.303 e. The minimum absolute atomic E-state index is 0.0742. The highest BCUT2D eigenvalue weighted by Crippen LogP contribution is 2.30. The SMILES string of the molecule is COc1ccc(C(O)CCCC(=O)O)c(Br)c1. The van der Waals surface area contributed by atoms with Crippen molar-refractivity contribution in [3.63, 3.8) is 0 Å². The molecule has 1 atom stereocenters. The molecule has 0 saturated heterocycles. The molecule has 94 valence electrons. The van der Waals surface area contributed by atoms with Gasteiger partial charge in [0.15, 0.2) is 0 Å². The first kappa shape index (κ1) is 14.0. The van der Waals surface area contributed by atoms with Crippen molar-refractivity contribution in [3.05, 3.63) is 28.2 Å². The molecule has 17 heavy (non-hydrogen) atoms. The van der Waals surface area contributed by atoms with E-state index in [1.54, 1.807) is 25.3 Å². The fraction of sp³-hybridized carbons (Fsp3) is 0.417. The molecular weight excluding hydrogens is 288 g/mol. The maximum Gasteiger partial charge on any atom is 0.303 e. The standard InChI is InChI=1S/C12H15BrO4/c1-17-8-5-6-9(10(13)7-8)11(14)3-2-4-12(15)16/h5-7,11,14H,2-4H2,1H3,(H,15,16). The molecule has 0 radical (unpaired) electrons. The highest BCUT2D eigenvalue weighted by Gasteiger charge is 2.12. The second kappa shape index (κ2) is 6.61. The Morgan fingerprint density at radius 3 is 2.76 bits per heavy atom. The number of aliphatic hydroxyl groups excluding tert-OH is 1. The number of carbonyl (C=O) groups is 1. The molecule has 1 aromatic carbocycles. The molecule has 0 fully saturated rings. The van der Waals surface area contributed by atoms with Crippen molar-refractivity contribution >= 4 is 21.9 Å². The Balaban J connectivity index is 2.62. The zero-order chi connectivity index (χ0) is 12.8. The normalized spacial score (nSPS) is 12.2. The van der Waals surface area contributed by atoms with Crippen LogP contribution in [-0.4, -0.2) is 23.3 Å². The lowest BCUT2D eigenvalue weighted by Gasteiger charge is -2.13. The lowest BCUT2D eigenvalue weighted by molar-refractivity contribution is -0.137. The monoisotopic (exact) mass is 302 g/mol. The van der Waals surface area contributed by atoms with Crippen LogP contribution in [0.4, 0.5) is 0 Å². The zero-order valence-electron chi connectivity index (χ0n) is 9.52. The summed E-state index contributed by atoms with van der Waals surface area (Å²) in [6, 6.07) is 5.31. The summed E-state index contributed by atoms with van der Waals surface area (Å²) < 4.78 is 5.82. The van der Waals surface area contributed by atoms with Crippen LogP contribution in [0.1, 0.15) is 30.9 Å². The third kappa shape index (κ3) is 4.36. The maximum atomic E-state index is 10.4. The number of ether oxygens (including phenoxy) is 1. The third-order valence-corrected chi connectivity index (χ3v) is 3.12. The minimum atomic E-state index is -0.842. The summed E-state index contributed by atoms with van der Waals surface area (Å²) in [4.78, 5) is 10.4. The summed E-state index contributed by atoms with van der Waals surface area (Å²) in [5.74, 6) is -0.135. The molecule has 0 aliphatic heterocycles. The molecule has 0 aromatic heterocycles. The summed E-state index contributed by atoms with van der Waals surface area (Å²) in [7, 11) is 1.57. The second-order valence-electron chi connectivity index (χ2n) is 3.69. The van der Waals surface area contributed by atoms with Gasteiger partial charge >= 0.3 is 5.97 Å². The lowest BCUT2D eigenvalue weighted by atomic mass is 10.0. The summed E-state index contributed by atoms with van der Waals surface area (Å²) in [6.07, 6.45) is 0.298. The molecule has 5 heteroatoms.